The van der Waals surface area contributed by atoms with Gasteiger partial charge in [0.25, 0.3) is 0 Å². The Morgan fingerprint density at radius 2 is 1.87 bits per heavy atom. The number of nitrogens with one attached hydrogen (secondary N) is 1. The maximum atomic E-state index is 15.2. The molecule has 0 unspecified atom stereocenters. The summed E-state index contributed by atoms with van der Waals surface area (Å²) in [7, 11) is -4.25. The van der Waals surface area contributed by atoms with Crippen LogP contribution in [0.4, 0.5) is 10.1 Å². The molecule has 0 heterocycles. The second kappa shape index (κ2) is 13.8. The molecule has 1 N–H and O–H groups in total. The minimum Gasteiger partial charge on any atom is -0.542 e. The van der Waals surface area contributed by atoms with Gasteiger partial charge in [-0.3, -0.25) is 4.79 Å². The zero-order chi connectivity index (χ0) is 27.3. The molecule has 0 spiro atoms. The van der Waals surface area contributed by atoms with Crippen molar-refractivity contribution in [3.63, 3.8) is 0 Å². The Balaban J connectivity index is 0.00000507. The first-order valence-electron chi connectivity index (χ1n) is 10.4. The number of rotatable bonds is 8. The number of benzene rings is 3. The van der Waals surface area contributed by atoms with Gasteiger partial charge in [0.15, 0.2) is 11.6 Å². The number of anilines is 1. The summed E-state index contributed by atoms with van der Waals surface area (Å²) in [5, 5.41) is 11.7. The van der Waals surface area contributed by atoms with E-state index < -0.39 is 34.1 Å². The summed E-state index contributed by atoms with van der Waals surface area (Å²) in [5.74, 6) is -2.37. The van der Waals surface area contributed by atoms with Crippen LogP contribution < -0.4 is 39.6 Å². The van der Waals surface area contributed by atoms with Crippen LogP contribution in [0, 0.1) is 17.1 Å². The van der Waals surface area contributed by atoms with Gasteiger partial charge in [0.2, 0.25) is 5.91 Å². The van der Waals surface area contributed by atoms with Gasteiger partial charge in [0.05, 0.1) is 44.0 Å². The molecule has 0 atom stereocenters. The maximum Gasteiger partial charge on any atom is 1.00 e. The van der Waals surface area contributed by atoms with Crippen LogP contribution >= 0.6 is 39.1 Å². The summed E-state index contributed by atoms with van der Waals surface area (Å²) in [6.45, 7) is 1.47. The predicted molar refractivity (Wildman–Crippen MR) is 140 cm³/mol. The van der Waals surface area contributed by atoms with E-state index in [-0.39, 0.29) is 83.7 Å². The largest absolute Gasteiger partial charge is 1.00 e. The number of halogens is 4. The Labute approximate surface area is 258 Å². The van der Waals surface area contributed by atoms with E-state index in [9.17, 15) is 18.0 Å². The molecule has 3 aromatic rings. The summed E-state index contributed by atoms with van der Waals surface area (Å²) in [6, 6.07) is 12.4. The number of ether oxygens (including phenoxy) is 1. The number of nitriles is 1. The zero-order valence-electron chi connectivity index (χ0n) is 19.9. The predicted octanol–water partition coefficient (Wildman–Crippen LogP) is 3.74. The first-order valence-corrected chi connectivity index (χ1v) is 13.4. The van der Waals surface area contributed by atoms with Crippen LogP contribution in [0.25, 0.3) is 4.72 Å². The van der Waals surface area contributed by atoms with Crippen molar-refractivity contribution in [2.24, 2.45) is 0 Å². The molecular formula is C24H16BrCl2FN3NaO5S. The summed E-state index contributed by atoms with van der Waals surface area (Å²) in [6.07, 6.45) is -0.494. The second-order valence-corrected chi connectivity index (χ2v) is 10.7. The molecule has 2 amide bonds. The van der Waals surface area contributed by atoms with E-state index in [1.54, 1.807) is 0 Å². The summed E-state index contributed by atoms with van der Waals surface area (Å²) < 4.78 is 48.7. The van der Waals surface area contributed by atoms with E-state index in [0.29, 0.717) is 0 Å². The van der Waals surface area contributed by atoms with Gasteiger partial charge in [-0.1, -0.05) is 36.2 Å². The molecule has 8 nitrogen and oxygen atoms in total. The first-order chi connectivity index (χ1) is 17.4. The van der Waals surface area contributed by atoms with Gasteiger partial charge in [-0.05, 0) is 64.8 Å². The normalized spacial score (nSPS) is 10.6. The van der Waals surface area contributed by atoms with E-state index in [1.807, 2.05) is 6.07 Å². The van der Waals surface area contributed by atoms with Gasteiger partial charge in [-0.15, -0.1) is 0 Å². The molecule has 192 valence electrons. The van der Waals surface area contributed by atoms with Gasteiger partial charge < -0.3 is 19.6 Å². The number of amides is 2. The van der Waals surface area contributed by atoms with Crippen LogP contribution in [0.15, 0.2) is 57.9 Å². The van der Waals surface area contributed by atoms with Crippen LogP contribution in [-0.4, -0.2) is 20.2 Å². The number of sulfonamides is 1. The Kier molecular flexibility index (Phi) is 11.6. The summed E-state index contributed by atoms with van der Waals surface area (Å²) >= 11 is 15.3. The number of hydrogen-bond donors (Lipinski definition) is 1. The van der Waals surface area contributed by atoms with Gasteiger partial charge in [0, 0.05) is 10.6 Å². The van der Waals surface area contributed by atoms with Crippen molar-refractivity contribution in [3.8, 4) is 17.6 Å². The monoisotopic (exact) mass is 649 g/mol. The fourth-order valence-electron chi connectivity index (χ4n) is 2.98. The van der Waals surface area contributed by atoms with E-state index in [1.165, 1.54) is 43.3 Å². The van der Waals surface area contributed by atoms with Crippen LogP contribution in [0.3, 0.4) is 0 Å². The number of nitrogens with zero attached hydrogens (tertiary/aromatic N) is 2. The first kappa shape index (κ1) is 32.0. The summed E-state index contributed by atoms with van der Waals surface area (Å²) in [4.78, 5) is 23.7. The molecule has 0 aliphatic heterocycles. The smallest absolute Gasteiger partial charge is 0.542 e. The Bertz CT molecular complexity index is 1550. The third kappa shape index (κ3) is 8.16. The number of hydrogen-bond acceptors (Lipinski definition) is 6. The van der Waals surface area contributed by atoms with Crippen LogP contribution in [0.2, 0.25) is 10.0 Å². The third-order valence-corrected chi connectivity index (χ3v) is 7.19. The van der Waals surface area contributed by atoms with E-state index in [2.05, 4.69) is 26.0 Å². The topological polar surface area (TPSA) is 127 Å². The molecule has 14 heteroatoms. The molecule has 0 radical (unpaired) electrons. The van der Waals surface area contributed by atoms with Crippen molar-refractivity contribution in [1.82, 2.24) is 0 Å². The van der Waals surface area contributed by atoms with Gasteiger partial charge in [-0.25, -0.2) is 12.8 Å². The van der Waals surface area contributed by atoms with Crippen molar-refractivity contribution in [2.45, 2.75) is 24.7 Å². The third-order valence-electron chi connectivity index (χ3n) is 4.74. The van der Waals surface area contributed by atoms with E-state index >= 15 is 4.39 Å². The number of carbonyl (C=O) groups is 2. The average Bonchev–Trinajstić information content (AvgIpc) is 2.84. The van der Waals surface area contributed by atoms with Crippen LogP contribution in [0.5, 0.6) is 11.5 Å². The van der Waals surface area contributed by atoms with Crippen molar-refractivity contribution >= 4 is 66.7 Å². The van der Waals surface area contributed by atoms with Crippen molar-refractivity contribution < 1.29 is 56.7 Å². The Morgan fingerprint density at radius 1 is 1.16 bits per heavy atom. The molecule has 0 aromatic heterocycles. The van der Waals surface area contributed by atoms with Gasteiger partial charge in [0.1, 0.15) is 15.8 Å². The van der Waals surface area contributed by atoms with Gasteiger partial charge >= 0.3 is 29.6 Å². The van der Waals surface area contributed by atoms with Gasteiger partial charge in [-0.2, -0.15) is 5.26 Å². The Morgan fingerprint density at radius 3 is 2.50 bits per heavy atom. The fourth-order valence-corrected chi connectivity index (χ4v) is 4.90. The zero-order valence-corrected chi connectivity index (χ0v) is 25.8. The standard InChI is InChI=1S/C24H17BrCl2FN3O5S.Na/c1-2-21(32)31-37(34,35)17-4-6-20(19(27)11-17)30-22(33)9-14-3-5-18(25)24(23(14)28)36-16-8-13(12-29)7-15(26)10-16;/h3-8,10-11H,2,9H2,1H3,(H2,30,31,32,33);/q;+1/p-1. The quantitative estimate of drug-likeness (QED) is 0.370. The molecule has 0 fully saturated rings. The summed E-state index contributed by atoms with van der Waals surface area (Å²) in [5.41, 5.74) is 0.283. The molecule has 0 bridgehead atoms. The maximum absolute atomic E-state index is 15.2. The molecular weight excluding hydrogens is 635 g/mol. The van der Waals surface area contributed by atoms with Crippen molar-refractivity contribution in [3.05, 3.63) is 84.7 Å². The fraction of sp³-hybridized carbons (Fsp3) is 0.125. The molecule has 0 aliphatic rings. The second-order valence-electron chi connectivity index (χ2n) is 7.42. The average molecular weight is 651 g/mol. The minimum atomic E-state index is -4.25. The van der Waals surface area contributed by atoms with E-state index in [0.717, 1.165) is 12.1 Å². The molecule has 0 saturated heterocycles. The minimum absolute atomic E-state index is 0. The number of carbonyl (C=O) groups excluding carboxylic acids is 2. The SMILES string of the molecule is CCC(=O)[N-]S(=O)(=O)c1ccc(NC(=O)Cc2ccc(Br)c(Oc3cc(Cl)cc(C#N)c3)c2F)c(Cl)c1.[Na+]. The Hall–Kier alpha value is -2.17. The van der Waals surface area contributed by atoms with Crippen LogP contribution in [0.1, 0.15) is 24.5 Å². The van der Waals surface area contributed by atoms with E-state index in [4.69, 9.17) is 33.2 Å². The van der Waals surface area contributed by atoms with Crippen molar-refractivity contribution in [2.75, 3.05) is 5.32 Å². The molecule has 38 heavy (non-hydrogen) atoms. The van der Waals surface area contributed by atoms with Crippen LogP contribution in [-0.2, 0) is 26.0 Å². The molecule has 0 saturated carbocycles. The molecule has 3 rings (SSSR count). The molecule has 0 aliphatic carbocycles. The molecule has 3 aromatic carbocycles. The van der Waals surface area contributed by atoms with Crippen molar-refractivity contribution in [1.29, 1.82) is 5.26 Å².